The second-order valence-electron chi connectivity index (χ2n) is 4.85. The number of rotatable bonds is 5. The number of halogens is 2. The summed E-state index contributed by atoms with van der Waals surface area (Å²) in [4.78, 5) is 13.4. The van der Waals surface area contributed by atoms with Crippen LogP contribution in [0.1, 0.15) is 23.7 Å². The number of hydrogen-bond donors (Lipinski definition) is 0. The lowest BCUT2D eigenvalue weighted by atomic mass is 10.2. The van der Waals surface area contributed by atoms with Crippen LogP contribution in [-0.2, 0) is 13.0 Å². The average Bonchev–Trinajstić information content (AvgIpc) is 3.08. The third kappa shape index (κ3) is 3.05. The van der Waals surface area contributed by atoms with Gasteiger partial charge in [0.2, 0.25) is 0 Å². The molecule has 0 radical (unpaired) electrons. The predicted octanol–water partition coefficient (Wildman–Crippen LogP) is 4.13. The summed E-state index contributed by atoms with van der Waals surface area (Å²) in [6.07, 6.45) is 4.20. The third-order valence-electron chi connectivity index (χ3n) is 3.28. The van der Waals surface area contributed by atoms with E-state index in [0.29, 0.717) is 23.2 Å². The molecule has 21 heavy (non-hydrogen) atoms. The Kier molecular flexibility index (Phi) is 4.42. The molecular weight excluding hydrogens is 327 g/mol. The first-order valence-electron chi connectivity index (χ1n) is 6.65. The van der Waals surface area contributed by atoms with Crippen LogP contribution in [0.25, 0.3) is 11.2 Å². The number of aryl methyl sites for hydroxylation is 1. The van der Waals surface area contributed by atoms with Crippen LogP contribution in [0.3, 0.4) is 0 Å². The highest BCUT2D eigenvalue weighted by atomic mass is 35.5. The molecule has 0 N–H and O–H groups in total. The summed E-state index contributed by atoms with van der Waals surface area (Å²) in [6.45, 7) is 2.94. The zero-order valence-corrected chi connectivity index (χ0v) is 13.8. The van der Waals surface area contributed by atoms with Crippen LogP contribution in [0.2, 0.25) is 5.02 Å². The van der Waals surface area contributed by atoms with Crippen LogP contribution in [-0.4, -0.2) is 25.4 Å². The van der Waals surface area contributed by atoms with Crippen molar-refractivity contribution >= 4 is 45.7 Å². The zero-order chi connectivity index (χ0) is 14.8. The van der Waals surface area contributed by atoms with Gasteiger partial charge in [0.05, 0.1) is 10.0 Å². The van der Waals surface area contributed by atoms with Crippen molar-refractivity contribution in [2.24, 2.45) is 0 Å². The molecule has 0 aliphatic heterocycles. The second kappa shape index (κ2) is 6.30. The van der Waals surface area contributed by atoms with Gasteiger partial charge in [-0.3, -0.25) is 0 Å². The van der Waals surface area contributed by atoms with Gasteiger partial charge in [0, 0.05) is 42.5 Å². The molecule has 0 aliphatic rings. The van der Waals surface area contributed by atoms with Crippen molar-refractivity contribution < 1.29 is 0 Å². The third-order valence-corrected chi connectivity index (χ3v) is 4.68. The number of imidazole rings is 1. The molecule has 0 saturated heterocycles. The molecule has 0 saturated carbocycles. The molecule has 3 heterocycles. The maximum absolute atomic E-state index is 6.00. The first-order valence-corrected chi connectivity index (χ1v) is 8.44. The highest BCUT2D eigenvalue weighted by Crippen LogP contribution is 2.24. The van der Waals surface area contributed by atoms with E-state index in [1.54, 1.807) is 17.5 Å². The number of hydrogen-bond acceptors (Lipinski definition) is 4. The van der Waals surface area contributed by atoms with Gasteiger partial charge < -0.3 is 4.57 Å². The number of alkyl halides is 1. The number of aromatic nitrogens is 4. The Balaban J connectivity index is 2.00. The van der Waals surface area contributed by atoms with E-state index in [1.807, 2.05) is 17.6 Å². The summed E-state index contributed by atoms with van der Waals surface area (Å²) < 4.78 is 2.13. The molecule has 0 aliphatic carbocycles. The van der Waals surface area contributed by atoms with Crippen LogP contribution in [0.15, 0.2) is 23.8 Å². The minimum Gasteiger partial charge on any atom is -0.312 e. The van der Waals surface area contributed by atoms with Crippen LogP contribution >= 0.6 is 34.5 Å². The smallest absolute Gasteiger partial charge is 0.160 e. The van der Waals surface area contributed by atoms with Crippen molar-refractivity contribution in [2.45, 2.75) is 25.8 Å². The van der Waals surface area contributed by atoms with Crippen molar-refractivity contribution in [3.05, 3.63) is 39.7 Å². The second-order valence-corrected chi connectivity index (χ2v) is 6.59. The highest BCUT2D eigenvalue weighted by molar-refractivity contribution is 7.09. The molecule has 3 aromatic rings. The lowest BCUT2D eigenvalue weighted by molar-refractivity contribution is 0.583. The van der Waals surface area contributed by atoms with Gasteiger partial charge in [-0.2, -0.15) is 0 Å². The Hall–Kier alpha value is -1.17. The van der Waals surface area contributed by atoms with Gasteiger partial charge in [0.15, 0.2) is 5.65 Å². The summed E-state index contributed by atoms with van der Waals surface area (Å²) in [5.41, 5.74) is 1.66. The average molecular weight is 341 g/mol. The molecule has 7 heteroatoms. The Morgan fingerprint density at radius 1 is 1.38 bits per heavy atom. The Morgan fingerprint density at radius 3 is 2.95 bits per heavy atom. The van der Waals surface area contributed by atoms with Crippen molar-refractivity contribution in [1.82, 2.24) is 19.5 Å². The van der Waals surface area contributed by atoms with E-state index in [4.69, 9.17) is 23.2 Å². The van der Waals surface area contributed by atoms with E-state index in [0.717, 1.165) is 28.5 Å². The SMILES string of the molecule is CC(Cn1c(CCCl)nc2cc(Cl)cnc21)c1nccs1. The van der Waals surface area contributed by atoms with Gasteiger partial charge in [0.25, 0.3) is 0 Å². The monoisotopic (exact) mass is 340 g/mol. The van der Waals surface area contributed by atoms with E-state index in [1.165, 1.54) is 0 Å². The summed E-state index contributed by atoms with van der Waals surface area (Å²) in [6, 6.07) is 1.84. The van der Waals surface area contributed by atoms with E-state index in [2.05, 4.69) is 26.4 Å². The summed E-state index contributed by atoms with van der Waals surface area (Å²) >= 11 is 13.6. The number of fused-ring (bicyclic) bond motifs is 1. The van der Waals surface area contributed by atoms with E-state index in [9.17, 15) is 0 Å². The Morgan fingerprint density at radius 2 is 2.24 bits per heavy atom. The molecule has 0 bridgehead atoms. The predicted molar refractivity (Wildman–Crippen MR) is 87.5 cm³/mol. The molecule has 4 nitrogen and oxygen atoms in total. The largest absolute Gasteiger partial charge is 0.312 e. The minimum absolute atomic E-state index is 0.300. The number of thiazole rings is 1. The molecule has 3 aromatic heterocycles. The quantitative estimate of drug-likeness (QED) is 0.656. The van der Waals surface area contributed by atoms with Crippen LogP contribution < -0.4 is 0 Å². The Bertz CT molecular complexity index is 739. The normalized spacial score (nSPS) is 12.9. The fraction of sp³-hybridized carbons (Fsp3) is 0.357. The first kappa shape index (κ1) is 14.8. The van der Waals surface area contributed by atoms with Crippen molar-refractivity contribution in [3.8, 4) is 0 Å². The molecule has 0 amide bonds. The summed E-state index contributed by atoms with van der Waals surface area (Å²) in [5, 5.41) is 3.70. The van der Waals surface area contributed by atoms with Gasteiger partial charge in [-0.25, -0.2) is 15.0 Å². The van der Waals surface area contributed by atoms with Crippen LogP contribution in [0, 0.1) is 0 Å². The molecule has 1 unspecified atom stereocenters. The van der Waals surface area contributed by atoms with Gasteiger partial charge in [-0.15, -0.1) is 22.9 Å². The number of nitrogens with zero attached hydrogens (tertiary/aromatic N) is 4. The fourth-order valence-corrected chi connectivity index (χ4v) is 3.34. The van der Waals surface area contributed by atoms with E-state index in [-0.39, 0.29) is 0 Å². The lowest BCUT2D eigenvalue weighted by Crippen LogP contribution is -2.10. The topological polar surface area (TPSA) is 43.6 Å². The maximum Gasteiger partial charge on any atom is 0.160 e. The molecule has 0 spiro atoms. The molecule has 1 atom stereocenters. The van der Waals surface area contributed by atoms with Crippen molar-refractivity contribution in [3.63, 3.8) is 0 Å². The maximum atomic E-state index is 6.00. The first-order chi connectivity index (χ1) is 10.2. The lowest BCUT2D eigenvalue weighted by Gasteiger charge is -2.12. The fourth-order valence-electron chi connectivity index (χ4n) is 2.33. The molecule has 0 aromatic carbocycles. The summed E-state index contributed by atoms with van der Waals surface area (Å²) in [5.74, 6) is 1.77. The van der Waals surface area contributed by atoms with E-state index < -0.39 is 0 Å². The highest BCUT2D eigenvalue weighted by Gasteiger charge is 2.16. The van der Waals surface area contributed by atoms with Gasteiger partial charge in [0.1, 0.15) is 11.3 Å². The molecule has 3 rings (SSSR count). The minimum atomic E-state index is 0.300. The molecule has 110 valence electrons. The van der Waals surface area contributed by atoms with E-state index >= 15 is 0 Å². The molecule has 0 fully saturated rings. The van der Waals surface area contributed by atoms with Crippen LogP contribution in [0.5, 0.6) is 0 Å². The van der Waals surface area contributed by atoms with Gasteiger partial charge >= 0.3 is 0 Å². The van der Waals surface area contributed by atoms with Crippen molar-refractivity contribution in [1.29, 1.82) is 0 Å². The Labute approximate surface area is 136 Å². The number of pyridine rings is 1. The molecular formula is C14H14Cl2N4S. The van der Waals surface area contributed by atoms with Crippen LogP contribution in [0.4, 0.5) is 0 Å². The van der Waals surface area contributed by atoms with Crippen molar-refractivity contribution in [2.75, 3.05) is 5.88 Å². The zero-order valence-electron chi connectivity index (χ0n) is 11.5. The standard InChI is InChI=1S/C14H14Cl2N4S/c1-9(14-17-4-5-21-14)8-20-12(2-3-15)19-11-6-10(16)7-18-13(11)20/h4-7,9H,2-3,8H2,1H3. The van der Waals surface area contributed by atoms with Gasteiger partial charge in [-0.1, -0.05) is 18.5 Å². The van der Waals surface area contributed by atoms with Gasteiger partial charge in [-0.05, 0) is 6.07 Å². The summed E-state index contributed by atoms with van der Waals surface area (Å²) in [7, 11) is 0.